The van der Waals surface area contributed by atoms with Crippen molar-refractivity contribution in [1.82, 2.24) is 9.47 Å². The molecule has 2 aromatic carbocycles. The minimum Gasteiger partial charge on any atom is -0.345 e. The van der Waals surface area contributed by atoms with Gasteiger partial charge in [0, 0.05) is 35.1 Å². The molecule has 0 N–H and O–H groups in total. The van der Waals surface area contributed by atoms with E-state index in [2.05, 4.69) is 47.2 Å². The van der Waals surface area contributed by atoms with Crippen molar-refractivity contribution in [3.05, 3.63) is 94.8 Å². The lowest BCUT2D eigenvalue weighted by Crippen LogP contribution is -2.33. The highest BCUT2D eigenvalue weighted by molar-refractivity contribution is 6.30. The maximum atomic E-state index is 13.0. The van der Waals surface area contributed by atoms with E-state index in [1.807, 2.05) is 23.1 Å². The third-order valence-corrected chi connectivity index (χ3v) is 5.04. The molecule has 1 amide bonds. The summed E-state index contributed by atoms with van der Waals surface area (Å²) in [5.41, 5.74) is 3.11. The van der Waals surface area contributed by atoms with E-state index in [0.717, 1.165) is 25.1 Å². The Hall–Kier alpha value is -2.52. The van der Waals surface area contributed by atoms with Crippen LogP contribution in [0.1, 0.15) is 34.5 Å². The Balaban J connectivity index is 1.54. The number of carbonyl (C=O) groups is 1. The van der Waals surface area contributed by atoms with Gasteiger partial charge in [0.05, 0.1) is 6.54 Å². The van der Waals surface area contributed by atoms with Crippen molar-refractivity contribution in [2.75, 3.05) is 0 Å². The number of aromatic nitrogens is 1. The average Bonchev–Trinajstić information content (AvgIpc) is 3.42. The van der Waals surface area contributed by atoms with Gasteiger partial charge in [-0.05, 0) is 54.8 Å². The molecule has 0 bridgehead atoms. The first-order valence-electron chi connectivity index (χ1n) is 8.95. The number of hydrogen-bond donors (Lipinski definition) is 0. The molecule has 1 saturated carbocycles. The number of nitrogens with zero attached hydrogens (tertiary/aromatic N) is 2. The van der Waals surface area contributed by atoms with E-state index < -0.39 is 0 Å². The van der Waals surface area contributed by atoms with Gasteiger partial charge in [-0.1, -0.05) is 41.9 Å². The van der Waals surface area contributed by atoms with Gasteiger partial charge in [-0.15, -0.1) is 0 Å². The van der Waals surface area contributed by atoms with Gasteiger partial charge in [0.15, 0.2) is 0 Å². The average molecular weight is 365 g/mol. The Bertz CT molecular complexity index is 882. The molecule has 0 atom stereocenters. The highest BCUT2D eigenvalue weighted by Gasteiger charge is 2.33. The monoisotopic (exact) mass is 364 g/mol. The standard InChI is InChI=1S/C22H21ClN2O/c23-19-10-8-18(9-11-19)22(26)25(20-12-13-20)16-21-7-4-14-24(21)15-17-5-2-1-3-6-17/h1-11,14,20H,12-13,15-16H2. The Morgan fingerprint density at radius 1 is 1.00 bits per heavy atom. The van der Waals surface area contributed by atoms with Gasteiger partial charge < -0.3 is 9.47 Å². The van der Waals surface area contributed by atoms with E-state index in [9.17, 15) is 4.79 Å². The second kappa shape index (κ2) is 7.38. The van der Waals surface area contributed by atoms with Crippen molar-refractivity contribution in [3.63, 3.8) is 0 Å². The van der Waals surface area contributed by atoms with Crippen LogP contribution in [0.2, 0.25) is 5.02 Å². The van der Waals surface area contributed by atoms with E-state index >= 15 is 0 Å². The molecule has 0 spiro atoms. The van der Waals surface area contributed by atoms with Crippen LogP contribution in [0.3, 0.4) is 0 Å². The zero-order valence-electron chi connectivity index (χ0n) is 14.5. The van der Waals surface area contributed by atoms with Crippen molar-refractivity contribution in [1.29, 1.82) is 0 Å². The van der Waals surface area contributed by atoms with E-state index in [1.165, 1.54) is 5.56 Å². The van der Waals surface area contributed by atoms with Gasteiger partial charge in [0.2, 0.25) is 0 Å². The van der Waals surface area contributed by atoms with Crippen LogP contribution in [-0.4, -0.2) is 21.4 Å². The molecule has 26 heavy (non-hydrogen) atoms. The Morgan fingerprint density at radius 2 is 1.73 bits per heavy atom. The van der Waals surface area contributed by atoms with E-state index in [4.69, 9.17) is 11.6 Å². The van der Waals surface area contributed by atoms with Crippen molar-refractivity contribution in [2.24, 2.45) is 0 Å². The number of benzene rings is 2. The zero-order valence-corrected chi connectivity index (χ0v) is 15.3. The fourth-order valence-corrected chi connectivity index (χ4v) is 3.34. The minimum atomic E-state index is 0.0802. The molecule has 3 nitrogen and oxygen atoms in total. The molecular formula is C22H21ClN2O. The first-order chi connectivity index (χ1) is 12.7. The minimum absolute atomic E-state index is 0.0802. The number of rotatable bonds is 6. The first kappa shape index (κ1) is 16.9. The van der Waals surface area contributed by atoms with Crippen LogP contribution in [0.25, 0.3) is 0 Å². The largest absolute Gasteiger partial charge is 0.345 e. The Kier molecular flexibility index (Phi) is 4.81. The summed E-state index contributed by atoms with van der Waals surface area (Å²) in [7, 11) is 0. The van der Waals surface area contributed by atoms with Crippen molar-refractivity contribution in [2.45, 2.75) is 32.0 Å². The normalized spacial score (nSPS) is 13.6. The smallest absolute Gasteiger partial charge is 0.254 e. The molecule has 0 saturated heterocycles. The lowest BCUT2D eigenvalue weighted by atomic mass is 10.2. The predicted octanol–water partition coefficient (Wildman–Crippen LogP) is 4.99. The molecule has 0 radical (unpaired) electrons. The van der Waals surface area contributed by atoms with Crippen molar-refractivity contribution < 1.29 is 4.79 Å². The molecule has 4 rings (SSSR count). The molecule has 1 heterocycles. The molecule has 1 fully saturated rings. The van der Waals surface area contributed by atoms with Crippen molar-refractivity contribution in [3.8, 4) is 0 Å². The first-order valence-corrected chi connectivity index (χ1v) is 9.33. The van der Waals surface area contributed by atoms with Crippen LogP contribution in [-0.2, 0) is 13.1 Å². The number of amides is 1. The Labute approximate surface area is 158 Å². The summed E-state index contributed by atoms with van der Waals surface area (Å²) < 4.78 is 2.22. The summed E-state index contributed by atoms with van der Waals surface area (Å²) in [6, 6.07) is 22.1. The summed E-state index contributed by atoms with van der Waals surface area (Å²) in [6.45, 7) is 1.45. The molecule has 1 aromatic heterocycles. The molecule has 0 aliphatic heterocycles. The molecule has 1 aliphatic rings. The second-order valence-electron chi connectivity index (χ2n) is 6.78. The highest BCUT2D eigenvalue weighted by Crippen LogP contribution is 2.30. The van der Waals surface area contributed by atoms with Crippen LogP contribution in [0.15, 0.2) is 72.9 Å². The van der Waals surface area contributed by atoms with Crippen LogP contribution < -0.4 is 0 Å². The summed E-state index contributed by atoms with van der Waals surface area (Å²) >= 11 is 5.96. The van der Waals surface area contributed by atoms with Crippen molar-refractivity contribution >= 4 is 17.5 Å². The topological polar surface area (TPSA) is 25.2 Å². The fraction of sp³-hybridized carbons (Fsp3) is 0.227. The third kappa shape index (κ3) is 3.83. The van der Waals surface area contributed by atoms with Gasteiger partial charge in [0.25, 0.3) is 5.91 Å². The van der Waals surface area contributed by atoms with Crippen LogP contribution in [0.4, 0.5) is 0 Å². The summed E-state index contributed by atoms with van der Waals surface area (Å²) in [4.78, 5) is 15.0. The zero-order chi connectivity index (χ0) is 17.9. The molecule has 1 aliphatic carbocycles. The van der Waals surface area contributed by atoms with Crippen LogP contribution in [0.5, 0.6) is 0 Å². The van der Waals surface area contributed by atoms with Crippen LogP contribution in [0, 0.1) is 0 Å². The number of carbonyl (C=O) groups excluding carboxylic acids is 1. The number of hydrogen-bond acceptors (Lipinski definition) is 1. The Morgan fingerprint density at radius 3 is 2.42 bits per heavy atom. The second-order valence-corrected chi connectivity index (χ2v) is 7.22. The maximum absolute atomic E-state index is 13.0. The summed E-state index contributed by atoms with van der Waals surface area (Å²) in [5, 5.41) is 0.649. The van der Waals surface area contributed by atoms with Crippen LogP contribution >= 0.6 is 11.6 Å². The van der Waals surface area contributed by atoms with Gasteiger partial charge in [-0.25, -0.2) is 0 Å². The molecular weight excluding hydrogens is 344 g/mol. The summed E-state index contributed by atoms with van der Waals surface area (Å²) in [5.74, 6) is 0.0802. The van der Waals surface area contributed by atoms with Gasteiger partial charge in [0.1, 0.15) is 0 Å². The van der Waals surface area contributed by atoms with Gasteiger partial charge in [-0.3, -0.25) is 4.79 Å². The SMILES string of the molecule is O=C(c1ccc(Cl)cc1)N(Cc1cccn1Cc1ccccc1)C1CC1. The van der Waals surface area contributed by atoms with Gasteiger partial charge in [-0.2, -0.15) is 0 Å². The fourth-order valence-electron chi connectivity index (χ4n) is 3.21. The molecule has 4 heteroatoms. The van der Waals surface area contributed by atoms with E-state index in [-0.39, 0.29) is 5.91 Å². The quantitative estimate of drug-likeness (QED) is 0.604. The highest BCUT2D eigenvalue weighted by atomic mass is 35.5. The third-order valence-electron chi connectivity index (χ3n) is 4.79. The molecule has 0 unspecified atom stereocenters. The predicted molar refractivity (Wildman–Crippen MR) is 104 cm³/mol. The molecule has 132 valence electrons. The lowest BCUT2D eigenvalue weighted by molar-refractivity contribution is 0.0726. The molecule has 3 aromatic rings. The van der Waals surface area contributed by atoms with E-state index in [0.29, 0.717) is 23.2 Å². The maximum Gasteiger partial charge on any atom is 0.254 e. The van der Waals surface area contributed by atoms with E-state index in [1.54, 1.807) is 12.1 Å². The van der Waals surface area contributed by atoms with Gasteiger partial charge >= 0.3 is 0 Å². The lowest BCUT2D eigenvalue weighted by Gasteiger charge is -2.23. The summed E-state index contributed by atoms with van der Waals surface area (Å²) in [6.07, 6.45) is 4.25. The number of halogens is 1.